The van der Waals surface area contributed by atoms with Gasteiger partial charge in [0.05, 0.1) is 0 Å². The van der Waals surface area contributed by atoms with Crippen molar-refractivity contribution in [1.29, 1.82) is 0 Å². The van der Waals surface area contributed by atoms with E-state index >= 15 is 0 Å². The van der Waals surface area contributed by atoms with E-state index in [1.807, 2.05) is 60.9 Å². The molecule has 0 bridgehead atoms. The normalized spacial score (nSPS) is 11.6. The Hall–Kier alpha value is -4.57. The second-order valence-corrected chi connectivity index (χ2v) is 8.10. The Bertz CT molecular complexity index is 1730. The predicted octanol–water partition coefficient (Wildman–Crippen LogP) is 8.35. The molecular weight excluding hydrogens is 408 g/mol. The molecule has 3 aromatic heterocycles. The molecule has 4 aromatic carbocycles. The van der Waals surface area contributed by atoms with E-state index in [0.29, 0.717) is 0 Å². The van der Waals surface area contributed by atoms with E-state index in [4.69, 9.17) is 8.83 Å². The molecule has 156 valence electrons. The second-order valence-electron chi connectivity index (χ2n) is 8.10. The first-order valence-corrected chi connectivity index (χ1v) is 10.9. The third-order valence-electron chi connectivity index (χ3n) is 6.15. The lowest BCUT2D eigenvalue weighted by atomic mass is 10.1. The molecule has 0 aliphatic rings. The highest BCUT2D eigenvalue weighted by atomic mass is 16.3. The fraction of sp³-hybridized carbons (Fsp3) is 0. The van der Waals surface area contributed by atoms with Gasteiger partial charge in [0.15, 0.2) is 0 Å². The summed E-state index contributed by atoms with van der Waals surface area (Å²) in [5, 5.41) is 4.29. The zero-order chi connectivity index (χ0) is 21.8. The van der Waals surface area contributed by atoms with Crippen LogP contribution in [0.2, 0.25) is 0 Å². The van der Waals surface area contributed by atoms with E-state index in [0.717, 1.165) is 60.9 Å². The Kier molecular flexibility index (Phi) is 3.81. The fourth-order valence-corrected chi connectivity index (χ4v) is 4.64. The Morgan fingerprint density at radius 2 is 1.06 bits per heavy atom. The van der Waals surface area contributed by atoms with E-state index in [2.05, 4.69) is 58.4 Å². The molecule has 7 rings (SSSR count). The van der Waals surface area contributed by atoms with Gasteiger partial charge in [-0.15, -0.1) is 0 Å². The molecule has 3 heterocycles. The van der Waals surface area contributed by atoms with Crippen LogP contribution in [0, 0.1) is 0 Å². The van der Waals surface area contributed by atoms with Crippen molar-refractivity contribution in [2.75, 3.05) is 4.90 Å². The van der Waals surface area contributed by atoms with Crippen LogP contribution in [0.15, 0.2) is 118 Å². The minimum Gasteiger partial charge on any atom is -0.456 e. The van der Waals surface area contributed by atoms with Crippen LogP contribution in [-0.4, -0.2) is 4.98 Å². The third-order valence-corrected chi connectivity index (χ3v) is 6.15. The number of fused-ring (bicyclic) bond motifs is 6. The number of benzene rings is 4. The number of aromatic nitrogens is 1. The number of furan rings is 2. The Labute approximate surface area is 189 Å². The van der Waals surface area contributed by atoms with Crippen LogP contribution in [0.25, 0.3) is 43.9 Å². The first kappa shape index (κ1) is 18.0. The largest absolute Gasteiger partial charge is 0.456 e. The highest BCUT2D eigenvalue weighted by Crippen LogP contribution is 2.40. The van der Waals surface area contributed by atoms with E-state index in [1.165, 1.54) is 0 Å². The van der Waals surface area contributed by atoms with Crippen LogP contribution < -0.4 is 4.90 Å². The number of pyridine rings is 1. The minimum atomic E-state index is 0.842. The molecule has 0 saturated carbocycles. The molecule has 0 spiro atoms. The molecule has 33 heavy (non-hydrogen) atoms. The average molecular weight is 426 g/mol. The molecule has 0 amide bonds. The van der Waals surface area contributed by atoms with Crippen LogP contribution in [-0.2, 0) is 0 Å². The van der Waals surface area contributed by atoms with Gasteiger partial charge in [0, 0.05) is 57.1 Å². The van der Waals surface area contributed by atoms with Gasteiger partial charge in [0.1, 0.15) is 22.3 Å². The van der Waals surface area contributed by atoms with Crippen molar-refractivity contribution >= 4 is 60.9 Å². The van der Waals surface area contributed by atoms with Gasteiger partial charge in [-0.05, 0) is 54.6 Å². The predicted molar refractivity (Wildman–Crippen MR) is 133 cm³/mol. The fourth-order valence-electron chi connectivity index (χ4n) is 4.64. The van der Waals surface area contributed by atoms with Gasteiger partial charge in [-0.3, -0.25) is 4.98 Å². The van der Waals surface area contributed by atoms with Gasteiger partial charge >= 0.3 is 0 Å². The molecule has 0 radical (unpaired) electrons. The average Bonchev–Trinajstić information content (AvgIpc) is 3.41. The minimum absolute atomic E-state index is 0.842. The van der Waals surface area contributed by atoms with Crippen molar-refractivity contribution in [2.45, 2.75) is 0 Å². The van der Waals surface area contributed by atoms with Gasteiger partial charge in [-0.1, -0.05) is 36.4 Å². The van der Waals surface area contributed by atoms with Crippen molar-refractivity contribution in [3.8, 4) is 0 Å². The number of rotatable bonds is 3. The summed E-state index contributed by atoms with van der Waals surface area (Å²) in [4.78, 5) is 6.38. The van der Waals surface area contributed by atoms with Crippen molar-refractivity contribution < 1.29 is 8.83 Å². The summed E-state index contributed by atoms with van der Waals surface area (Å²) in [5.74, 6) is 0. The van der Waals surface area contributed by atoms with Crippen LogP contribution in [0.3, 0.4) is 0 Å². The molecule has 4 heteroatoms. The second kappa shape index (κ2) is 6.97. The van der Waals surface area contributed by atoms with E-state index in [-0.39, 0.29) is 0 Å². The van der Waals surface area contributed by atoms with E-state index in [1.54, 1.807) is 0 Å². The van der Waals surface area contributed by atoms with Gasteiger partial charge in [-0.2, -0.15) is 0 Å². The molecular formula is C29H18N2O2. The Morgan fingerprint density at radius 3 is 1.85 bits per heavy atom. The summed E-state index contributed by atoms with van der Waals surface area (Å²) >= 11 is 0. The molecule has 0 fully saturated rings. The van der Waals surface area contributed by atoms with Crippen molar-refractivity contribution in [3.05, 3.63) is 109 Å². The summed E-state index contributed by atoms with van der Waals surface area (Å²) in [7, 11) is 0. The monoisotopic (exact) mass is 426 g/mol. The maximum Gasteiger partial charge on any atom is 0.137 e. The molecule has 0 N–H and O–H groups in total. The zero-order valence-electron chi connectivity index (χ0n) is 17.6. The molecule has 0 atom stereocenters. The standard InChI is InChI=1S/C29H18N2O2/c1-2-6-19(7-3-1)31(20-12-14-30-15-13-20)21-10-11-23-25-18-28-24(17-29(25)33-27(23)16-21)22-8-4-5-9-26(22)32-28/h1-18H. The highest BCUT2D eigenvalue weighted by Gasteiger charge is 2.16. The lowest BCUT2D eigenvalue weighted by Crippen LogP contribution is -2.09. The molecule has 7 aromatic rings. The summed E-state index contributed by atoms with van der Waals surface area (Å²) in [6.45, 7) is 0. The summed E-state index contributed by atoms with van der Waals surface area (Å²) in [5.41, 5.74) is 6.60. The maximum atomic E-state index is 6.36. The third kappa shape index (κ3) is 2.81. The first-order valence-electron chi connectivity index (χ1n) is 10.9. The van der Waals surface area contributed by atoms with Crippen molar-refractivity contribution in [2.24, 2.45) is 0 Å². The highest BCUT2D eigenvalue weighted by molar-refractivity contribution is 6.15. The maximum absolute atomic E-state index is 6.36. The Balaban J connectivity index is 1.44. The summed E-state index contributed by atoms with van der Waals surface area (Å²) in [6.07, 6.45) is 3.62. The number of hydrogen-bond acceptors (Lipinski definition) is 4. The molecule has 0 saturated heterocycles. The van der Waals surface area contributed by atoms with E-state index in [9.17, 15) is 0 Å². The lowest BCUT2D eigenvalue weighted by molar-refractivity contribution is 0.664. The smallest absolute Gasteiger partial charge is 0.137 e. The topological polar surface area (TPSA) is 42.4 Å². The molecule has 0 aliphatic heterocycles. The quantitative estimate of drug-likeness (QED) is 0.285. The van der Waals surface area contributed by atoms with Gasteiger partial charge in [0.2, 0.25) is 0 Å². The lowest BCUT2D eigenvalue weighted by Gasteiger charge is -2.25. The number of hydrogen-bond donors (Lipinski definition) is 0. The van der Waals surface area contributed by atoms with Crippen LogP contribution in [0.4, 0.5) is 17.1 Å². The van der Waals surface area contributed by atoms with Gasteiger partial charge in [-0.25, -0.2) is 0 Å². The van der Waals surface area contributed by atoms with Crippen molar-refractivity contribution in [1.82, 2.24) is 4.98 Å². The molecule has 4 nitrogen and oxygen atoms in total. The van der Waals surface area contributed by atoms with Crippen LogP contribution in [0.1, 0.15) is 0 Å². The number of anilines is 3. The van der Waals surface area contributed by atoms with Gasteiger partial charge in [0.25, 0.3) is 0 Å². The molecule has 0 aliphatic carbocycles. The van der Waals surface area contributed by atoms with Crippen LogP contribution >= 0.6 is 0 Å². The zero-order valence-corrected chi connectivity index (χ0v) is 17.6. The van der Waals surface area contributed by atoms with E-state index < -0.39 is 0 Å². The first-order chi connectivity index (χ1) is 16.3. The Morgan fingerprint density at radius 1 is 0.455 bits per heavy atom. The molecule has 0 unspecified atom stereocenters. The summed E-state index contributed by atoms with van der Waals surface area (Å²) < 4.78 is 12.5. The SMILES string of the molecule is c1ccc(N(c2ccncc2)c2ccc3c(c2)oc2cc4c(cc23)oc2ccccc24)cc1. The van der Waals surface area contributed by atoms with Gasteiger partial charge < -0.3 is 13.7 Å². The summed E-state index contributed by atoms with van der Waals surface area (Å²) in [6, 6.07) is 33.0. The number of para-hydroxylation sites is 2. The van der Waals surface area contributed by atoms with Crippen LogP contribution in [0.5, 0.6) is 0 Å². The number of nitrogens with zero attached hydrogens (tertiary/aromatic N) is 2. The van der Waals surface area contributed by atoms with Crippen molar-refractivity contribution in [3.63, 3.8) is 0 Å².